The molecule has 1 heterocycles. The van der Waals surface area contributed by atoms with Gasteiger partial charge in [0, 0.05) is 5.56 Å². The zero-order valence-electron chi connectivity index (χ0n) is 11.4. The summed E-state index contributed by atoms with van der Waals surface area (Å²) >= 11 is 0. The lowest BCUT2D eigenvalue weighted by Crippen LogP contribution is -2.01. The Labute approximate surface area is 108 Å². The number of rotatable bonds is 3. The molecular formula is C15H19NO2. The van der Waals surface area contributed by atoms with E-state index in [4.69, 9.17) is 4.74 Å². The quantitative estimate of drug-likeness (QED) is 0.600. The minimum absolute atomic E-state index is 0.444. The van der Waals surface area contributed by atoms with E-state index in [9.17, 15) is 4.79 Å². The largest absolute Gasteiger partial charge is 0.347 e. The van der Waals surface area contributed by atoms with Crippen LogP contribution in [0.3, 0.4) is 0 Å². The molecule has 0 fully saturated rings. The molecule has 0 aromatic heterocycles. The number of hydrogen-bond donors (Lipinski definition) is 0. The van der Waals surface area contributed by atoms with E-state index in [0.29, 0.717) is 18.4 Å². The standard InChI is InChI=1S/C15H19NO2/c1-9(2)11-5-12(10(3)4)14-7-18-15(16-8-17)13(14)6-11/h5-6,9-10,15H,7H2,1-4H3. The van der Waals surface area contributed by atoms with Crippen molar-refractivity contribution in [2.75, 3.05) is 0 Å². The lowest BCUT2D eigenvalue weighted by molar-refractivity contribution is 0.0725. The third kappa shape index (κ3) is 2.24. The molecule has 0 saturated carbocycles. The summed E-state index contributed by atoms with van der Waals surface area (Å²) in [7, 11) is 0. The maximum Gasteiger partial charge on any atom is 0.238 e. The molecule has 0 radical (unpaired) electrons. The Bertz CT molecular complexity index is 499. The van der Waals surface area contributed by atoms with Crippen molar-refractivity contribution in [1.82, 2.24) is 0 Å². The van der Waals surface area contributed by atoms with Gasteiger partial charge in [0.05, 0.1) is 6.61 Å². The fourth-order valence-corrected chi connectivity index (χ4v) is 2.38. The second-order valence-corrected chi connectivity index (χ2v) is 5.37. The Morgan fingerprint density at radius 3 is 2.56 bits per heavy atom. The van der Waals surface area contributed by atoms with Crippen molar-refractivity contribution in [2.24, 2.45) is 4.99 Å². The van der Waals surface area contributed by atoms with Gasteiger partial charge in [0.2, 0.25) is 6.08 Å². The normalized spacial score (nSPS) is 18.0. The molecule has 1 aliphatic rings. The molecule has 96 valence electrons. The summed E-state index contributed by atoms with van der Waals surface area (Å²) in [5.41, 5.74) is 4.81. The van der Waals surface area contributed by atoms with Gasteiger partial charge >= 0.3 is 0 Å². The number of ether oxygens (including phenoxy) is 1. The van der Waals surface area contributed by atoms with Gasteiger partial charge in [-0.1, -0.05) is 39.8 Å². The summed E-state index contributed by atoms with van der Waals surface area (Å²) in [6.45, 7) is 9.22. The Morgan fingerprint density at radius 1 is 1.28 bits per heavy atom. The van der Waals surface area contributed by atoms with Gasteiger partial charge in [-0.25, -0.2) is 4.79 Å². The Morgan fingerprint density at radius 2 is 2.00 bits per heavy atom. The minimum atomic E-state index is -0.464. The van der Waals surface area contributed by atoms with Gasteiger partial charge in [0.15, 0.2) is 6.23 Å². The van der Waals surface area contributed by atoms with Gasteiger partial charge in [-0.05, 0) is 28.5 Å². The number of aliphatic imine (C=N–C) groups is 1. The number of benzene rings is 1. The Hall–Kier alpha value is -1.44. The van der Waals surface area contributed by atoms with Crippen LogP contribution in [0, 0.1) is 0 Å². The minimum Gasteiger partial charge on any atom is -0.347 e. The highest BCUT2D eigenvalue weighted by Crippen LogP contribution is 2.38. The van der Waals surface area contributed by atoms with Gasteiger partial charge in [0.1, 0.15) is 0 Å². The number of hydrogen-bond acceptors (Lipinski definition) is 3. The first kappa shape index (κ1) is 13.0. The Kier molecular flexibility index (Phi) is 3.65. The monoisotopic (exact) mass is 245 g/mol. The molecule has 1 aromatic carbocycles. The topological polar surface area (TPSA) is 38.7 Å². The highest BCUT2D eigenvalue weighted by Gasteiger charge is 2.27. The van der Waals surface area contributed by atoms with Crippen molar-refractivity contribution in [3.05, 3.63) is 34.4 Å². The summed E-state index contributed by atoms with van der Waals surface area (Å²) < 4.78 is 5.56. The number of fused-ring (bicyclic) bond motifs is 1. The number of isocyanates is 1. The van der Waals surface area contributed by atoms with Crippen molar-refractivity contribution in [1.29, 1.82) is 0 Å². The lowest BCUT2D eigenvalue weighted by atomic mass is 9.89. The van der Waals surface area contributed by atoms with Crippen LogP contribution in [0.2, 0.25) is 0 Å². The maximum absolute atomic E-state index is 10.4. The fourth-order valence-electron chi connectivity index (χ4n) is 2.38. The molecular weight excluding hydrogens is 226 g/mol. The van der Waals surface area contributed by atoms with Gasteiger partial charge in [-0.2, -0.15) is 4.99 Å². The first-order valence-electron chi connectivity index (χ1n) is 6.39. The number of nitrogens with zero attached hydrogens (tertiary/aromatic N) is 1. The summed E-state index contributed by atoms with van der Waals surface area (Å²) in [6.07, 6.45) is 1.13. The molecule has 3 heteroatoms. The van der Waals surface area contributed by atoms with Crippen LogP contribution in [0.5, 0.6) is 0 Å². The highest BCUT2D eigenvalue weighted by atomic mass is 16.5. The van der Waals surface area contributed by atoms with E-state index in [0.717, 1.165) is 5.56 Å². The molecule has 1 unspecified atom stereocenters. The van der Waals surface area contributed by atoms with E-state index in [2.05, 4.69) is 44.8 Å². The number of carbonyl (C=O) groups excluding carboxylic acids is 1. The van der Waals surface area contributed by atoms with Crippen LogP contribution in [0.1, 0.15) is 68.0 Å². The van der Waals surface area contributed by atoms with Crippen LogP contribution < -0.4 is 0 Å². The molecule has 0 spiro atoms. The summed E-state index contributed by atoms with van der Waals surface area (Å²) in [6, 6.07) is 4.37. The molecule has 0 bridgehead atoms. The average Bonchev–Trinajstić information content (AvgIpc) is 2.71. The van der Waals surface area contributed by atoms with Crippen molar-refractivity contribution in [2.45, 2.75) is 52.4 Å². The molecule has 0 N–H and O–H groups in total. The van der Waals surface area contributed by atoms with Crippen LogP contribution in [-0.4, -0.2) is 6.08 Å². The smallest absolute Gasteiger partial charge is 0.238 e. The van der Waals surface area contributed by atoms with Crippen LogP contribution in [0.25, 0.3) is 0 Å². The molecule has 18 heavy (non-hydrogen) atoms. The van der Waals surface area contributed by atoms with Crippen molar-refractivity contribution >= 4 is 6.08 Å². The van der Waals surface area contributed by atoms with Gasteiger partial charge < -0.3 is 4.74 Å². The highest BCUT2D eigenvalue weighted by molar-refractivity contribution is 5.46. The maximum atomic E-state index is 10.4. The lowest BCUT2D eigenvalue weighted by Gasteiger charge is -2.16. The molecule has 0 aliphatic carbocycles. The van der Waals surface area contributed by atoms with E-state index in [-0.39, 0.29) is 0 Å². The van der Waals surface area contributed by atoms with Crippen LogP contribution >= 0.6 is 0 Å². The third-order valence-electron chi connectivity index (χ3n) is 3.45. The zero-order chi connectivity index (χ0) is 13.3. The predicted molar refractivity (Wildman–Crippen MR) is 70.3 cm³/mol. The summed E-state index contributed by atoms with van der Waals surface area (Å²) in [5.74, 6) is 0.897. The van der Waals surface area contributed by atoms with Gasteiger partial charge in [-0.3, -0.25) is 0 Å². The molecule has 3 nitrogen and oxygen atoms in total. The SMILES string of the molecule is CC(C)c1cc(C(C)C)c2c(c1)C(N=C=O)OC2. The van der Waals surface area contributed by atoms with Gasteiger partial charge in [-0.15, -0.1) is 0 Å². The van der Waals surface area contributed by atoms with Crippen LogP contribution in [0.4, 0.5) is 0 Å². The van der Waals surface area contributed by atoms with Crippen molar-refractivity contribution < 1.29 is 9.53 Å². The second kappa shape index (κ2) is 5.05. The molecule has 1 aromatic rings. The average molecular weight is 245 g/mol. The van der Waals surface area contributed by atoms with Gasteiger partial charge in [0.25, 0.3) is 0 Å². The third-order valence-corrected chi connectivity index (χ3v) is 3.45. The molecule has 0 saturated heterocycles. The molecule has 2 rings (SSSR count). The van der Waals surface area contributed by atoms with E-state index in [1.165, 1.54) is 16.7 Å². The second-order valence-electron chi connectivity index (χ2n) is 5.37. The summed E-state index contributed by atoms with van der Waals surface area (Å²) in [4.78, 5) is 14.2. The molecule has 1 aliphatic heterocycles. The molecule has 0 amide bonds. The molecule has 1 atom stereocenters. The van der Waals surface area contributed by atoms with E-state index in [1.807, 2.05) is 0 Å². The summed E-state index contributed by atoms with van der Waals surface area (Å²) in [5, 5.41) is 0. The first-order chi connectivity index (χ1) is 8.54. The van der Waals surface area contributed by atoms with E-state index < -0.39 is 6.23 Å². The van der Waals surface area contributed by atoms with Crippen molar-refractivity contribution in [3.8, 4) is 0 Å². The van der Waals surface area contributed by atoms with Crippen LogP contribution in [0.15, 0.2) is 17.1 Å². The fraction of sp³-hybridized carbons (Fsp3) is 0.533. The Balaban J connectivity index is 2.58. The zero-order valence-corrected chi connectivity index (χ0v) is 11.4. The predicted octanol–water partition coefficient (Wildman–Crippen LogP) is 3.80. The van der Waals surface area contributed by atoms with Crippen molar-refractivity contribution in [3.63, 3.8) is 0 Å². The van der Waals surface area contributed by atoms with E-state index >= 15 is 0 Å². The van der Waals surface area contributed by atoms with E-state index in [1.54, 1.807) is 6.08 Å². The first-order valence-corrected chi connectivity index (χ1v) is 6.39. The van der Waals surface area contributed by atoms with Crippen LogP contribution in [-0.2, 0) is 16.1 Å².